The van der Waals surface area contributed by atoms with Crippen molar-refractivity contribution in [2.24, 2.45) is 0 Å². The Hall–Kier alpha value is -3.58. The molecule has 0 saturated carbocycles. The Morgan fingerprint density at radius 2 is 1.59 bits per heavy atom. The summed E-state index contributed by atoms with van der Waals surface area (Å²) in [7, 11) is 0. The molecule has 134 valence electrons. The first kappa shape index (κ1) is 18.2. The standard InChI is InChI=1S/C23H20N2O2/c1-2-18-5-3-4-6-22(18)25-23(26)16-27-21-13-11-20(12-14-21)19-9-7-17(15-24)8-10-19/h3-14H,2,16H2,1H3,(H,25,26). The Bertz CT molecular complexity index is 955. The largest absolute Gasteiger partial charge is 0.484 e. The van der Waals surface area contributed by atoms with E-state index in [0.29, 0.717) is 11.3 Å². The molecule has 0 aliphatic carbocycles. The lowest BCUT2D eigenvalue weighted by molar-refractivity contribution is -0.118. The highest BCUT2D eigenvalue weighted by molar-refractivity contribution is 5.92. The number of carbonyl (C=O) groups is 1. The normalized spacial score (nSPS) is 10.1. The summed E-state index contributed by atoms with van der Waals surface area (Å²) in [6.07, 6.45) is 0.855. The Kier molecular flexibility index (Phi) is 5.86. The molecule has 0 fully saturated rings. The van der Waals surface area contributed by atoms with Crippen molar-refractivity contribution < 1.29 is 9.53 Å². The van der Waals surface area contributed by atoms with Crippen LogP contribution in [0, 0.1) is 11.3 Å². The van der Waals surface area contributed by atoms with Crippen LogP contribution in [-0.4, -0.2) is 12.5 Å². The minimum atomic E-state index is -0.188. The summed E-state index contributed by atoms with van der Waals surface area (Å²) in [5.74, 6) is 0.443. The van der Waals surface area contributed by atoms with Gasteiger partial charge in [0.25, 0.3) is 5.91 Å². The van der Waals surface area contributed by atoms with E-state index >= 15 is 0 Å². The fourth-order valence-electron chi connectivity index (χ4n) is 2.77. The van der Waals surface area contributed by atoms with Crippen molar-refractivity contribution in [3.8, 4) is 22.9 Å². The van der Waals surface area contributed by atoms with Gasteiger partial charge in [-0.3, -0.25) is 4.79 Å². The van der Waals surface area contributed by atoms with Crippen LogP contribution in [0.4, 0.5) is 5.69 Å². The predicted octanol–water partition coefficient (Wildman–Crippen LogP) is 4.81. The second kappa shape index (κ2) is 8.68. The Balaban J connectivity index is 1.58. The van der Waals surface area contributed by atoms with Gasteiger partial charge in [-0.25, -0.2) is 0 Å². The number of hydrogen-bond donors (Lipinski definition) is 1. The molecule has 3 aromatic rings. The first-order valence-corrected chi connectivity index (χ1v) is 8.80. The van der Waals surface area contributed by atoms with Crippen LogP contribution in [0.5, 0.6) is 5.75 Å². The van der Waals surface area contributed by atoms with Crippen molar-refractivity contribution in [3.05, 3.63) is 83.9 Å². The molecule has 0 saturated heterocycles. The fraction of sp³-hybridized carbons (Fsp3) is 0.130. The number of para-hydroxylation sites is 1. The van der Waals surface area contributed by atoms with Gasteiger partial charge in [-0.05, 0) is 53.4 Å². The molecule has 27 heavy (non-hydrogen) atoms. The summed E-state index contributed by atoms with van der Waals surface area (Å²) in [5.41, 5.74) is 4.60. The Labute approximate surface area is 159 Å². The van der Waals surface area contributed by atoms with Gasteiger partial charge in [0.15, 0.2) is 6.61 Å². The third-order valence-electron chi connectivity index (χ3n) is 4.24. The van der Waals surface area contributed by atoms with Crippen molar-refractivity contribution in [3.63, 3.8) is 0 Å². The first-order chi connectivity index (χ1) is 13.2. The second-order valence-corrected chi connectivity index (χ2v) is 6.06. The number of carbonyl (C=O) groups excluding carboxylic acids is 1. The number of anilines is 1. The molecule has 4 heteroatoms. The maximum absolute atomic E-state index is 12.1. The third kappa shape index (κ3) is 4.74. The van der Waals surface area contributed by atoms with Gasteiger partial charge in [-0.2, -0.15) is 5.26 Å². The maximum atomic E-state index is 12.1. The van der Waals surface area contributed by atoms with Gasteiger partial charge in [-0.1, -0.05) is 49.4 Å². The highest BCUT2D eigenvalue weighted by atomic mass is 16.5. The molecule has 1 amide bonds. The van der Waals surface area contributed by atoms with Crippen LogP contribution in [0.3, 0.4) is 0 Å². The van der Waals surface area contributed by atoms with E-state index in [4.69, 9.17) is 10.00 Å². The monoisotopic (exact) mass is 356 g/mol. The number of ether oxygens (including phenoxy) is 1. The van der Waals surface area contributed by atoms with E-state index in [1.165, 1.54) is 0 Å². The van der Waals surface area contributed by atoms with E-state index in [9.17, 15) is 4.79 Å². The van der Waals surface area contributed by atoms with Crippen LogP contribution in [-0.2, 0) is 11.2 Å². The van der Waals surface area contributed by atoms with Gasteiger partial charge < -0.3 is 10.1 Å². The number of nitriles is 1. The van der Waals surface area contributed by atoms with Crippen molar-refractivity contribution in [1.29, 1.82) is 5.26 Å². The van der Waals surface area contributed by atoms with Gasteiger partial charge in [0.05, 0.1) is 11.6 Å². The van der Waals surface area contributed by atoms with E-state index in [2.05, 4.69) is 18.3 Å². The van der Waals surface area contributed by atoms with Crippen LogP contribution >= 0.6 is 0 Å². The number of amides is 1. The molecule has 0 atom stereocenters. The lowest BCUT2D eigenvalue weighted by Gasteiger charge is -2.11. The molecule has 0 aromatic heterocycles. The van der Waals surface area contributed by atoms with Crippen LogP contribution in [0.25, 0.3) is 11.1 Å². The highest BCUT2D eigenvalue weighted by Crippen LogP contribution is 2.23. The number of aryl methyl sites for hydroxylation is 1. The minimum absolute atomic E-state index is 0.0474. The molecule has 0 heterocycles. The molecule has 0 aliphatic heterocycles. The maximum Gasteiger partial charge on any atom is 0.262 e. The third-order valence-corrected chi connectivity index (χ3v) is 4.24. The SMILES string of the molecule is CCc1ccccc1NC(=O)COc1ccc(-c2ccc(C#N)cc2)cc1. The zero-order valence-electron chi connectivity index (χ0n) is 15.1. The van der Waals surface area contributed by atoms with Crippen LogP contribution in [0.15, 0.2) is 72.8 Å². The highest BCUT2D eigenvalue weighted by Gasteiger charge is 2.07. The van der Waals surface area contributed by atoms with Crippen molar-refractivity contribution in [1.82, 2.24) is 0 Å². The minimum Gasteiger partial charge on any atom is -0.484 e. The van der Waals surface area contributed by atoms with E-state index in [1.54, 1.807) is 12.1 Å². The van der Waals surface area contributed by atoms with Crippen LogP contribution < -0.4 is 10.1 Å². The quantitative estimate of drug-likeness (QED) is 0.690. The number of benzene rings is 3. The first-order valence-electron chi connectivity index (χ1n) is 8.80. The zero-order valence-corrected chi connectivity index (χ0v) is 15.1. The van der Waals surface area contributed by atoms with E-state index in [0.717, 1.165) is 28.8 Å². The zero-order chi connectivity index (χ0) is 19.1. The molecule has 0 unspecified atom stereocenters. The molecule has 0 spiro atoms. The molecule has 1 N–H and O–H groups in total. The number of rotatable bonds is 6. The van der Waals surface area contributed by atoms with Gasteiger partial charge in [0.1, 0.15) is 5.75 Å². The summed E-state index contributed by atoms with van der Waals surface area (Å²) in [6.45, 7) is 2.01. The molecule has 0 bridgehead atoms. The van der Waals surface area contributed by atoms with Crippen LogP contribution in [0.2, 0.25) is 0 Å². The van der Waals surface area contributed by atoms with Crippen LogP contribution in [0.1, 0.15) is 18.1 Å². The molecule has 0 aliphatic rings. The lowest BCUT2D eigenvalue weighted by atomic mass is 10.0. The number of nitrogens with zero attached hydrogens (tertiary/aromatic N) is 1. The molecule has 0 radical (unpaired) electrons. The Morgan fingerprint density at radius 1 is 0.963 bits per heavy atom. The molecule has 3 aromatic carbocycles. The van der Waals surface area contributed by atoms with Gasteiger partial charge in [-0.15, -0.1) is 0 Å². The lowest BCUT2D eigenvalue weighted by Crippen LogP contribution is -2.20. The van der Waals surface area contributed by atoms with Crippen molar-refractivity contribution in [2.45, 2.75) is 13.3 Å². The molecule has 3 rings (SSSR count). The number of nitrogens with one attached hydrogen (secondary N) is 1. The number of hydrogen-bond acceptors (Lipinski definition) is 3. The molecular formula is C23H20N2O2. The molecular weight excluding hydrogens is 336 g/mol. The van der Waals surface area contributed by atoms with E-state index in [-0.39, 0.29) is 12.5 Å². The fourth-order valence-corrected chi connectivity index (χ4v) is 2.77. The van der Waals surface area contributed by atoms with Crippen molar-refractivity contribution in [2.75, 3.05) is 11.9 Å². The summed E-state index contributed by atoms with van der Waals surface area (Å²) >= 11 is 0. The summed E-state index contributed by atoms with van der Waals surface area (Å²) in [4.78, 5) is 12.1. The van der Waals surface area contributed by atoms with Crippen molar-refractivity contribution >= 4 is 11.6 Å². The van der Waals surface area contributed by atoms with E-state index < -0.39 is 0 Å². The van der Waals surface area contributed by atoms with Gasteiger partial charge in [0, 0.05) is 5.69 Å². The Morgan fingerprint density at radius 3 is 2.22 bits per heavy atom. The van der Waals surface area contributed by atoms with Gasteiger partial charge >= 0.3 is 0 Å². The average molecular weight is 356 g/mol. The topological polar surface area (TPSA) is 62.1 Å². The average Bonchev–Trinajstić information content (AvgIpc) is 2.73. The predicted molar refractivity (Wildman–Crippen MR) is 107 cm³/mol. The summed E-state index contributed by atoms with van der Waals surface area (Å²) < 4.78 is 5.59. The molecule has 4 nitrogen and oxygen atoms in total. The smallest absolute Gasteiger partial charge is 0.262 e. The van der Waals surface area contributed by atoms with E-state index in [1.807, 2.05) is 60.7 Å². The second-order valence-electron chi connectivity index (χ2n) is 6.06. The van der Waals surface area contributed by atoms with Gasteiger partial charge in [0.2, 0.25) is 0 Å². The summed E-state index contributed by atoms with van der Waals surface area (Å²) in [6, 6.07) is 24.8. The summed E-state index contributed by atoms with van der Waals surface area (Å²) in [5, 5.41) is 11.8.